The minimum atomic E-state index is -0.176. The van der Waals surface area contributed by atoms with Gasteiger partial charge in [-0.25, -0.2) is 0 Å². The second-order valence-electron chi connectivity index (χ2n) is 5.67. The normalized spacial score (nSPS) is 11.8. The molecule has 0 saturated carbocycles. The summed E-state index contributed by atoms with van der Waals surface area (Å²) < 4.78 is 5.12. The lowest BCUT2D eigenvalue weighted by Gasteiger charge is -2.19. The standard InChI is InChI=1S/C17H19NO2/c1-17(2,3)13-6-8-14(9-7-13)18-16(19)11-10-15-5-4-12-20-15/h4-12H,1-3H3,(H,18,19)/b11-10+. The molecule has 0 aliphatic rings. The van der Waals surface area contributed by atoms with Crippen LogP contribution in [0.5, 0.6) is 0 Å². The van der Waals surface area contributed by atoms with Gasteiger partial charge in [-0.05, 0) is 41.3 Å². The van der Waals surface area contributed by atoms with Crippen LogP contribution in [-0.4, -0.2) is 5.91 Å². The zero-order valence-electron chi connectivity index (χ0n) is 12.0. The lowest BCUT2D eigenvalue weighted by Crippen LogP contribution is -2.12. The van der Waals surface area contributed by atoms with E-state index in [4.69, 9.17) is 4.42 Å². The smallest absolute Gasteiger partial charge is 0.248 e. The molecule has 0 spiro atoms. The minimum absolute atomic E-state index is 0.113. The third-order valence-corrected chi connectivity index (χ3v) is 2.96. The second kappa shape index (κ2) is 5.78. The topological polar surface area (TPSA) is 42.2 Å². The van der Waals surface area contributed by atoms with Gasteiger partial charge in [0.25, 0.3) is 0 Å². The number of carbonyl (C=O) groups excluding carboxylic acids is 1. The highest BCUT2D eigenvalue weighted by Crippen LogP contribution is 2.23. The summed E-state index contributed by atoms with van der Waals surface area (Å²) in [6.45, 7) is 6.48. The summed E-state index contributed by atoms with van der Waals surface area (Å²) in [5.74, 6) is 0.480. The van der Waals surface area contributed by atoms with E-state index in [2.05, 4.69) is 26.1 Å². The van der Waals surface area contributed by atoms with Gasteiger partial charge in [0.1, 0.15) is 5.76 Å². The van der Waals surface area contributed by atoms with Crippen LogP contribution in [0, 0.1) is 0 Å². The van der Waals surface area contributed by atoms with Crippen molar-refractivity contribution in [3.05, 3.63) is 60.1 Å². The fourth-order valence-electron chi connectivity index (χ4n) is 1.78. The molecular formula is C17H19NO2. The third kappa shape index (κ3) is 3.85. The van der Waals surface area contributed by atoms with Crippen molar-refractivity contribution < 1.29 is 9.21 Å². The summed E-state index contributed by atoms with van der Waals surface area (Å²) in [4.78, 5) is 11.7. The lowest BCUT2D eigenvalue weighted by atomic mass is 9.87. The van der Waals surface area contributed by atoms with Gasteiger partial charge in [0.2, 0.25) is 5.91 Å². The number of rotatable bonds is 3. The Hall–Kier alpha value is -2.29. The van der Waals surface area contributed by atoms with E-state index in [0.717, 1.165) is 5.69 Å². The van der Waals surface area contributed by atoms with E-state index in [9.17, 15) is 4.79 Å². The van der Waals surface area contributed by atoms with Crippen molar-refractivity contribution in [3.63, 3.8) is 0 Å². The van der Waals surface area contributed by atoms with Gasteiger partial charge < -0.3 is 9.73 Å². The Labute approximate surface area is 119 Å². The number of hydrogen-bond acceptors (Lipinski definition) is 2. The number of nitrogens with one attached hydrogen (secondary N) is 1. The van der Waals surface area contributed by atoms with Gasteiger partial charge >= 0.3 is 0 Å². The van der Waals surface area contributed by atoms with Crippen LogP contribution < -0.4 is 5.32 Å². The first-order valence-corrected chi connectivity index (χ1v) is 6.58. The summed E-state index contributed by atoms with van der Waals surface area (Å²) >= 11 is 0. The maximum absolute atomic E-state index is 11.7. The second-order valence-corrected chi connectivity index (χ2v) is 5.67. The van der Waals surface area contributed by atoms with Crippen LogP contribution in [0.1, 0.15) is 32.1 Å². The predicted molar refractivity (Wildman–Crippen MR) is 81.5 cm³/mol. The Bertz CT molecular complexity index is 587. The highest BCUT2D eigenvalue weighted by molar-refractivity contribution is 6.01. The number of hydrogen-bond donors (Lipinski definition) is 1. The number of anilines is 1. The number of furan rings is 1. The van der Waals surface area contributed by atoms with Gasteiger partial charge in [0, 0.05) is 11.8 Å². The maximum atomic E-state index is 11.7. The van der Waals surface area contributed by atoms with Gasteiger partial charge in [-0.3, -0.25) is 4.79 Å². The quantitative estimate of drug-likeness (QED) is 0.847. The van der Waals surface area contributed by atoms with Crippen molar-refractivity contribution in [2.24, 2.45) is 0 Å². The molecule has 2 rings (SSSR count). The molecule has 3 heteroatoms. The van der Waals surface area contributed by atoms with Crippen molar-refractivity contribution in [2.45, 2.75) is 26.2 Å². The summed E-state index contributed by atoms with van der Waals surface area (Å²) in [5, 5.41) is 2.82. The van der Waals surface area contributed by atoms with E-state index in [1.165, 1.54) is 11.6 Å². The molecule has 104 valence electrons. The van der Waals surface area contributed by atoms with E-state index in [1.54, 1.807) is 24.5 Å². The first-order chi connectivity index (χ1) is 9.45. The average molecular weight is 269 g/mol. The third-order valence-electron chi connectivity index (χ3n) is 2.96. The van der Waals surface area contributed by atoms with Crippen molar-refractivity contribution >= 4 is 17.7 Å². The Kier molecular flexibility index (Phi) is 4.08. The van der Waals surface area contributed by atoms with Crippen molar-refractivity contribution in [2.75, 3.05) is 5.32 Å². The lowest BCUT2D eigenvalue weighted by molar-refractivity contribution is -0.111. The molecule has 0 unspecified atom stereocenters. The molecule has 1 N–H and O–H groups in total. The molecule has 3 nitrogen and oxygen atoms in total. The SMILES string of the molecule is CC(C)(C)c1ccc(NC(=O)/C=C/c2ccco2)cc1. The van der Waals surface area contributed by atoms with Crippen LogP contribution >= 0.6 is 0 Å². The zero-order chi connectivity index (χ0) is 14.6. The zero-order valence-corrected chi connectivity index (χ0v) is 12.0. The fourth-order valence-corrected chi connectivity index (χ4v) is 1.78. The van der Waals surface area contributed by atoms with E-state index < -0.39 is 0 Å². The molecule has 0 aliphatic heterocycles. The summed E-state index contributed by atoms with van der Waals surface area (Å²) in [7, 11) is 0. The van der Waals surface area contributed by atoms with Crippen molar-refractivity contribution in [1.29, 1.82) is 0 Å². The molecule has 1 aromatic carbocycles. The Balaban J connectivity index is 1.98. The maximum Gasteiger partial charge on any atom is 0.248 e. The Morgan fingerprint density at radius 1 is 1.15 bits per heavy atom. The molecule has 0 radical (unpaired) electrons. The Morgan fingerprint density at radius 2 is 1.85 bits per heavy atom. The summed E-state index contributed by atoms with van der Waals surface area (Å²) in [5.41, 5.74) is 2.13. The fraction of sp³-hybridized carbons (Fsp3) is 0.235. The molecule has 0 bridgehead atoms. The van der Waals surface area contributed by atoms with Crippen LogP contribution in [0.3, 0.4) is 0 Å². The van der Waals surface area contributed by atoms with Gasteiger partial charge in [-0.15, -0.1) is 0 Å². The summed E-state index contributed by atoms with van der Waals surface area (Å²) in [6.07, 6.45) is 4.66. The van der Waals surface area contributed by atoms with E-state index >= 15 is 0 Å². The highest BCUT2D eigenvalue weighted by Gasteiger charge is 2.12. The molecule has 0 saturated heterocycles. The summed E-state index contributed by atoms with van der Waals surface area (Å²) in [6, 6.07) is 11.5. The molecule has 20 heavy (non-hydrogen) atoms. The highest BCUT2D eigenvalue weighted by atomic mass is 16.3. The van der Waals surface area contributed by atoms with Gasteiger partial charge in [-0.1, -0.05) is 32.9 Å². The van der Waals surface area contributed by atoms with Crippen LogP contribution in [-0.2, 0) is 10.2 Å². The number of benzene rings is 1. The first-order valence-electron chi connectivity index (χ1n) is 6.58. The largest absolute Gasteiger partial charge is 0.465 e. The van der Waals surface area contributed by atoms with Crippen molar-refractivity contribution in [3.8, 4) is 0 Å². The van der Waals surface area contributed by atoms with E-state index in [0.29, 0.717) is 5.76 Å². The van der Waals surface area contributed by atoms with Gasteiger partial charge in [0.15, 0.2) is 0 Å². The molecular weight excluding hydrogens is 250 g/mol. The van der Waals surface area contributed by atoms with Crippen LogP contribution in [0.4, 0.5) is 5.69 Å². The van der Waals surface area contributed by atoms with Gasteiger partial charge in [-0.2, -0.15) is 0 Å². The molecule has 0 aliphatic carbocycles. The van der Waals surface area contributed by atoms with E-state index in [1.807, 2.05) is 24.3 Å². The molecule has 1 aromatic heterocycles. The number of amides is 1. The first kappa shape index (κ1) is 14.1. The van der Waals surface area contributed by atoms with Crippen LogP contribution in [0.15, 0.2) is 53.2 Å². The predicted octanol–water partition coefficient (Wildman–Crippen LogP) is 4.23. The minimum Gasteiger partial charge on any atom is -0.465 e. The van der Waals surface area contributed by atoms with Gasteiger partial charge in [0.05, 0.1) is 6.26 Å². The average Bonchev–Trinajstić information content (AvgIpc) is 2.89. The van der Waals surface area contributed by atoms with Crippen LogP contribution in [0.25, 0.3) is 6.08 Å². The molecule has 2 aromatic rings. The molecule has 1 heterocycles. The number of carbonyl (C=O) groups is 1. The Morgan fingerprint density at radius 3 is 2.40 bits per heavy atom. The molecule has 1 amide bonds. The molecule has 0 atom stereocenters. The van der Waals surface area contributed by atoms with E-state index in [-0.39, 0.29) is 11.3 Å². The monoisotopic (exact) mass is 269 g/mol. The molecule has 0 fully saturated rings. The van der Waals surface area contributed by atoms with Crippen LogP contribution in [0.2, 0.25) is 0 Å². The van der Waals surface area contributed by atoms with Crippen molar-refractivity contribution in [1.82, 2.24) is 0 Å².